The standard InChI is InChI=1S/C19H22N6O2.HI/c1-26-16-7-6-14(9-17(16)27-2)11-22-19(20)21-10-13-4-3-5-15(8-13)18-23-12-24-25-18;/h3-9,12H,10-11H2,1-2H3,(H3,20,21,22)(H,23,24,25);1H. The van der Waals surface area contributed by atoms with Crippen molar-refractivity contribution in [2.75, 3.05) is 14.2 Å². The molecule has 0 bridgehead atoms. The molecule has 0 fully saturated rings. The predicted molar refractivity (Wildman–Crippen MR) is 119 cm³/mol. The number of aliphatic imine (C=N–C) groups is 1. The summed E-state index contributed by atoms with van der Waals surface area (Å²) in [4.78, 5) is 8.54. The van der Waals surface area contributed by atoms with Crippen LogP contribution in [0.15, 0.2) is 53.8 Å². The Hall–Kier alpha value is -2.82. The highest BCUT2D eigenvalue weighted by atomic mass is 127. The van der Waals surface area contributed by atoms with Crippen molar-refractivity contribution in [1.82, 2.24) is 20.5 Å². The zero-order valence-electron chi connectivity index (χ0n) is 15.7. The molecule has 0 aliphatic carbocycles. The summed E-state index contributed by atoms with van der Waals surface area (Å²) in [6, 6.07) is 13.6. The Balaban J connectivity index is 0.00000280. The fourth-order valence-corrected chi connectivity index (χ4v) is 2.58. The van der Waals surface area contributed by atoms with Crippen molar-refractivity contribution in [2.45, 2.75) is 13.1 Å². The Morgan fingerprint density at radius 1 is 1.11 bits per heavy atom. The van der Waals surface area contributed by atoms with Gasteiger partial charge in [-0.05, 0) is 29.3 Å². The quantitative estimate of drug-likeness (QED) is 0.265. The van der Waals surface area contributed by atoms with Gasteiger partial charge in [0.2, 0.25) is 0 Å². The second-order valence-corrected chi connectivity index (χ2v) is 5.78. The fourth-order valence-electron chi connectivity index (χ4n) is 2.58. The number of nitrogens with zero attached hydrogens (tertiary/aromatic N) is 3. The Bertz CT molecular complexity index is 915. The number of nitrogens with two attached hydrogens (primary N) is 1. The number of aromatic amines is 1. The topological polar surface area (TPSA) is 110 Å². The highest BCUT2D eigenvalue weighted by Gasteiger charge is 2.05. The van der Waals surface area contributed by atoms with Crippen molar-refractivity contribution in [1.29, 1.82) is 0 Å². The maximum Gasteiger partial charge on any atom is 0.189 e. The second-order valence-electron chi connectivity index (χ2n) is 5.78. The van der Waals surface area contributed by atoms with Gasteiger partial charge in [-0.15, -0.1) is 24.0 Å². The van der Waals surface area contributed by atoms with Crippen LogP contribution in [0.2, 0.25) is 0 Å². The number of hydrogen-bond acceptors (Lipinski definition) is 5. The first-order valence-corrected chi connectivity index (χ1v) is 8.39. The molecule has 0 amide bonds. The van der Waals surface area contributed by atoms with Gasteiger partial charge in [0.1, 0.15) is 6.33 Å². The molecule has 3 rings (SSSR count). The Labute approximate surface area is 180 Å². The number of methoxy groups -OCH3 is 2. The predicted octanol–water partition coefficient (Wildman–Crippen LogP) is 2.71. The number of H-pyrrole nitrogens is 1. The van der Waals surface area contributed by atoms with Crippen LogP contribution >= 0.6 is 24.0 Å². The maximum absolute atomic E-state index is 5.98. The van der Waals surface area contributed by atoms with Crippen molar-refractivity contribution in [3.8, 4) is 22.9 Å². The van der Waals surface area contributed by atoms with Crippen molar-refractivity contribution in [3.63, 3.8) is 0 Å². The van der Waals surface area contributed by atoms with Crippen molar-refractivity contribution in [3.05, 3.63) is 59.9 Å². The summed E-state index contributed by atoms with van der Waals surface area (Å²) in [5.41, 5.74) is 8.98. The first kappa shape index (κ1) is 21.5. The molecule has 2 aromatic carbocycles. The smallest absolute Gasteiger partial charge is 0.189 e. The van der Waals surface area contributed by atoms with Gasteiger partial charge in [0.25, 0.3) is 0 Å². The van der Waals surface area contributed by atoms with Crippen LogP contribution in [-0.4, -0.2) is 35.4 Å². The van der Waals surface area contributed by atoms with E-state index in [4.69, 9.17) is 15.2 Å². The number of nitrogens with one attached hydrogen (secondary N) is 2. The van der Waals surface area contributed by atoms with Gasteiger partial charge in [0, 0.05) is 12.1 Å². The van der Waals surface area contributed by atoms with E-state index in [-0.39, 0.29) is 24.0 Å². The molecule has 148 valence electrons. The van der Waals surface area contributed by atoms with Gasteiger partial charge in [-0.1, -0.05) is 24.3 Å². The number of halogens is 1. The average Bonchev–Trinajstić information content (AvgIpc) is 3.25. The van der Waals surface area contributed by atoms with E-state index in [1.54, 1.807) is 14.2 Å². The van der Waals surface area contributed by atoms with E-state index in [0.717, 1.165) is 22.5 Å². The number of benzene rings is 2. The molecule has 1 aromatic heterocycles. The van der Waals surface area contributed by atoms with Crippen LogP contribution in [-0.2, 0) is 13.1 Å². The number of hydrogen-bond donors (Lipinski definition) is 3. The third-order valence-electron chi connectivity index (χ3n) is 3.97. The van der Waals surface area contributed by atoms with E-state index in [1.165, 1.54) is 6.33 Å². The number of ether oxygens (including phenoxy) is 2. The van der Waals surface area contributed by atoms with Crippen LogP contribution in [0.25, 0.3) is 11.4 Å². The van der Waals surface area contributed by atoms with Gasteiger partial charge in [-0.25, -0.2) is 9.98 Å². The Kier molecular flexibility index (Phi) is 8.05. The largest absolute Gasteiger partial charge is 0.493 e. The van der Waals surface area contributed by atoms with Gasteiger partial charge in [0.05, 0.1) is 20.8 Å². The molecule has 0 spiro atoms. The third-order valence-corrected chi connectivity index (χ3v) is 3.97. The van der Waals surface area contributed by atoms with E-state index in [9.17, 15) is 0 Å². The van der Waals surface area contributed by atoms with Crippen LogP contribution in [0, 0.1) is 0 Å². The highest BCUT2D eigenvalue weighted by Crippen LogP contribution is 2.27. The summed E-state index contributed by atoms with van der Waals surface area (Å²) in [6.45, 7) is 1.00. The van der Waals surface area contributed by atoms with E-state index in [2.05, 4.69) is 25.5 Å². The summed E-state index contributed by atoms with van der Waals surface area (Å²) >= 11 is 0. The molecule has 0 saturated heterocycles. The number of guanidine groups is 1. The normalized spacial score (nSPS) is 10.9. The second kappa shape index (κ2) is 10.5. The number of aromatic nitrogens is 3. The van der Waals surface area contributed by atoms with E-state index in [1.807, 2.05) is 42.5 Å². The lowest BCUT2D eigenvalue weighted by molar-refractivity contribution is 0.354. The lowest BCUT2D eigenvalue weighted by Crippen LogP contribution is -2.31. The van der Waals surface area contributed by atoms with Gasteiger partial charge in [-0.3, -0.25) is 5.10 Å². The molecule has 0 saturated carbocycles. The minimum Gasteiger partial charge on any atom is -0.493 e. The number of rotatable bonds is 7. The van der Waals surface area contributed by atoms with Crippen LogP contribution < -0.4 is 20.5 Å². The molecule has 8 nitrogen and oxygen atoms in total. The van der Waals surface area contributed by atoms with Gasteiger partial charge in [-0.2, -0.15) is 5.10 Å². The Morgan fingerprint density at radius 3 is 2.64 bits per heavy atom. The maximum atomic E-state index is 5.98. The van der Waals surface area contributed by atoms with Crippen LogP contribution in [0.4, 0.5) is 0 Å². The Morgan fingerprint density at radius 2 is 1.93 bits per heavy atom. The monoisotopic (exact) mass is 494 g/mol. The molecule has 0 aliphatic heterocycles. The average molecular weight is 494 g/mol. The molecule has 0 unspecified atom stereocenters. The molecule has 28 heavy (non-hydrogen) atoms. The molecular formula is C19H23IN6O2. The van der Waals surface area contributed by atoms with E-state index >= 15 is 0 Å². The summed E-state index contributed by atoms with van der Waals surface area (Å²) in [5, 5.41) is 9.82. The highest BCUT2D eigenvalue weighted by molar-refractivity contribution is 14.0. The van der Waals surface area contributed by atoms with Gasteiger partial charge in [0.15, 0.2) is 23.3 Å². The van der Waals surface area contributed by atoms with Crippen LogP contribution in [0.3, 0.4) is 0 Å². The van der Waals surface area contributed by atoms with Gasteiger partial charge >= 0.3 is 0 Å². The molecule has 0 atom stereocenters. The molecule has 0 aliphatic rings. The molecule has 4 N–H and O–H groups in total. The summed E-state index contributed by atoms with van der Waals surface area (Å²) in [5.74, 6) is 2.46. The molecule has 9 heteroatoms. The SMILES string of the molecule is COc1ccc(CNC(N)=NCc2cccc(-c3ncn[nH]3)c2)cc1OC.I. The molecule has 3 aromatic rings. The lowest BCUT2D eigenvalue weighted by Gasteiger charge is -2.10. The van der Waals surface area contributed by atoms with Crippen LogP contribution in [0.1, 0.15) is 11.1 Å². The molecule has 1 heterocycles. The first-order chi connectivity index (χ1) is 13.2. The van der Waals surface area contributed by atoms with E-state index in [0.29, 0.717) is 30.5 Å². The van der Waals surface area contributed by atoms with Crippen molar-refractivity contribution in [2.24, 2.45) is 10.7 Å². The fraction of sp³-hybridized carbons (Fsp3) is 0.211. The molecule has 0 radical (unpaired) electrons. The summed E-state index contributed by atoms with van der Waals surface area (Å²) in [7, 11) is 3.22. The van der Waals surface area contributed by atoms with Crippen LogP contribution in [0.5, 0.6) is 11.5 Å². The minimum absolute atomic E-state index is 0. The molecular weight excluding hydrogens is 471 g/mol. The summed E-state index contributed by atoms with van der Waals surface area (Å²) in [6.07, 6.45) is 1.48. The first-order valence-electron chi connectivity index (χ1n) is 8.39. The lowest BCUT2D eigenvalue weighted by atomic mass is 10.1. The van der Waals surface area contributed by atoms with Gasteiger partial charge < -0.3 is 20.5 Å². The third kappa shape index (κ3) is 5.59. The minimum atomic E-state index is 0. The van der Waals surface area contributed by atoms with E-state index < -0.39 is 0 Å². The van der Waals surface area contributed by atoms with Crippen molar-refractivity contribution < 1.29 is 9.47 Å². The van der Waals surface area contributed by atoms with Crippen molar-refractivity contribution >= 4 is 29.9 Å². The zero-order valence-corrected chi connectivity index (χ0v) is 18.0. The zero-order chi connectivity index (χ0) is 19.1. The summed E-state index contributed by atoms with van der Waals surface area (Å²) < 4.78 is 10.5.